The average molecular weight is 564 g/mol. The lowest BCUT2D eigenvalue weighted by molar-refractivity contribution is -0.140. The van der Waals surface area contributed by atoms with E-state index in [9.17, 15) is 18.0 Å². The lowest BCUT2D eigenvalue weighted by Gasteiger charge is -2.34. The van der Waals surface area contributed by atoms with E-state index in [1.807, 2.05) is 19.1 Å². The summed E-state index contributed by atoms with van der Waals surface area (Å²) in [5.74, 6) is -0.0178. The molecule has 0 aliphatic heterocycles. The van der Waals surface area contributed by atoms with Gasteiger partial charge in [0.2, 0.25) is 21.8 Å². The standard InChI is InChI=1S/C28H38ClN3O5S/c1-5-25(28(34)30-23-9-7-6-8-10-23)31(18-21-12-15-24(37-3)16-13-21)27(33)19-32(38(4,35)36)26-17-22(29)14-11-20(26)2/h11-17,23,25H,5-10,18-19H2,1-4H3,(H,30,34)/t25-/m0/s1. The summed E-state index contributed by atoms with van der Waals surface area (Å²) in [6.45, 7) is 3.31. The van der Waals surface area contributed by atoms with E-state index in [-0.39, 0.29) is 18.5 Å². The van der Waals surface area contributed by atoms with Crippen molar-refractivity contribution in [2.75, 3.05) is 24.2 Å². The molecule has 2 aromatic rings. The lowest BCUT2D eigenvalue weighted by Crippen LogP contribution is -2.54. The molecule has 1 atom stereocenters. The Balaban J connectivity index is 1.94. The summed E-state index contributed by atoms with van der Waals surface area (Å²) in [7, 11) is -2.26. The summed E-state index contributed by atoms with van der Waals surface area (Å²) in [5, 5.41) is 3.50. The molecule has 0 aromatic heterocycles. The Morgan fingerprint density at radius 2 is 1.76 bits per heavy atom. The first-order valence-electron chi connectivity index (χ1n) is 13.0. The highest BCUT2D eigenvalue weighted by Crippen LogP contribution is 2.27. The van der Waals surface area contributed by atoms with Gasteiger partial charge >= 0.3 is 0 Å². The number of carbonyl (C=O) groups is 2. The van der Waals surface area contributed by atoms with Gasteiger partial charge < -0.3 is 15.0 Å². The van der Waals surface area contributed by atoms with Crippen LogP contribution in [0, 0.1) is 6.92 Å². The first kappa shape index (κ1) is 29.8. The lowest BCUT2D eigenvalue weighted by atomic mass is 9.95. The first-order valence-corrected chi connectivity index (χ1v) is 15.2. The zero-order valence-corrected chi connectivity index (χ0v) is 24.1. The van der Waals surface area contributed by atoms with E-state index in [1.165, 1.54) is 11.0 Å². The minimum absolute atomic E-state index is 0.0878. The van der Waals surface area contributed by atoms with E-state index in [4.69, 9.17) is 16.3 Å². The number of rotatable bonds is 11. The van der Waals surface area contributed by atoms with Gasteiger partial charge in [0.1, 0.15) is 18.3 Å². The van der Waals surface area contributed by atoms with Gasteiger partial charge in [-0.15, -0.1) is 0 Å². The maximum Gasteiger partial charge on any atom is 0.244 e. The number of sulfonamides is 1. The fraction of sp³-hybridized carbons (Fsp3) is 0.500. The molecule has 2 amide bonds. The number of ether oxygens (including phenoxy) is 1. The SMILES string of the molecule is CC[C@@H](C(=O)NC1CCCCC1)N(Cc1ccc(OC)cc1)C(=O)CN(c1cc(Cl)ccc1C)S(C)(=O)=O. The van der Waals surface area contributed by atoms with Gasteiger partial charge in [-0.2, -0.15) is 0 Å². The van der Waals surface area contributed by atoms with E-state index in [2.05, 4.69) is 5.32 Å². The average Bonchev–Trinajstić information content (AvgIpc) is 2.89. The second-order valence-corrected chi connectivity index (χ2v) is 12.2. The van der Waals surface area contributed by atoms with Crippen molar-refractivity contribution in [3.63, 3.8) is 0 Å². The van der Waals surface area contributed by atoms with Gasteiger partial charge in [0.25, 0.3) is 0 Å². The van der Waals surface area contributed by atoms with Gasteiger partial charge in [0.15, 0.2) is 0 Å². The van der Waals surface area contributed by atoms with Crippen molar-refractivity contribution < 1.29 is 22.7 Å². The van der Waals surface area contributed by atoms with Crippen LogP contribution < -0.4 is 14.4 Å². The second-order valence-electron chi connectivity index (χ2n) is 9.84. The summed E-state index contributed by atoms with van der Waals surface area (Å²) in [5.41, 5.74) is 1.79. The van der Waals surface area contributed by atoms with Crippen LogP contribution in [0.15, 0.2) is 42.5 Å². The number of hydrogen-bond acceptors (Lipinski definition) is 5. The number of amides is 2. The summed E-state index contributed by atoms with van der Waals surface area (Å²) < 4.78 is 32.0. The van der Waals surface area contributed by atoms with Gasteiger partial charge in [-0.3, -0.25) is 13.9 Å². The van der Waals surface area contributed by atoms with Crippen LogP contribution in [0.5, 0.6) is 5.75 Å². The van der Waals surface area contributed by atoms with Gasteiger partial charge in [-0.05, 0) is 61.6 Å². The van der Waals surface area contributed by atoms with Crippen LogP contribution in [0.3, 0.4) is 0 Å². The van der Waals surface area contributed by atoms with Gasteiger partial charge in [-0.1, -0.05) is 56.0 Å². The minimum atomic E-state index is -3.83. The van der Waals surface area contributed by atoms with Crippen LogP contribution in [0.25, 0.3) is 0 Å². The third-order valence-corrected chi connectivity index (χ3v) is 8.33. The molecule has 1 N–H and O–H groups in total. The fourth-order valence-corrected chi connectivity index (χ4v) is 5.90. The number of aryl methyl sites for hydroxylation is 1. The Kier molecular flexibility index (Phi) is 10.4. The van der Waals surface area contributed by atoms with Crippen LogP contribution in [-0.2, 0) is 26.2 Å². The Bertz CT molecular complexity index is 1210. The summed E-state index contributed by atoms with van der Waals surface area (Å²) in [4.78, 5) is 28.8. The van der Waals surface area contributed by atoms with Crippen LogP contribution in [-0.4, -0.2) is 57.1 Å². The van der Waals surface area contributed by atoms with Crippen LogP contribution in [0.2, 0.25) is 5.02 Å². The number of carbonyl (C=O) groups excluding carboxylic acids is 2. The monoisotopic (exact) mass is 563 g/mol. The van der Waals surface area contributed by atoms with E-state index in [0.29, 0.717) is 28.4 Å². The molecule has 8 nitrogen and oxygen atoms in total. The largest absolute Gasteiger partial charge is 0.497 e. The molecule has 10 heteroatoms. The Hall–Kier alpha value is -2.78. The van der Waals surface area contributed by atoms with Gasteiger partial charge in [-0.25, -0.2) is 8.42 Å². The number of hydrogen-bond donors (Lipinski definition) is 1. The maximum atomic E-state index is 13.9. The van der Waals surface area contributed by atoms with E-state index in [0.717, 1.165) is 48.2 Å². The van der Waals surface area contributed by atoms with Crippen molar-refractivity contribution in [1.29, 1.82) is 0 Å². The Morgan fingerprint density at radius 1 is 1.11 bits per heavy atom. The molecule has 0 heterocycles. The predicted octanol–water partition coefficient (Wildman–Crippen LogP) is 4.68. The molecule has 0 saturated heterocycles. The molecule has 0 radical (unpaired) electrons. The van der Waals surface area contributed by atoms with Crippen molar-refractivity contribution in [2.45, 2.75) is 71.0 Å². The van der Waals surface area contributed by atoms with Gasteiger partial charge in [0, 0.05) is 17.6 Å². The molecule has 0 bridgehead atoms. The number of nitrogens with one attached hydrogen (secondary N) is 1. The van der Waals surface area contributed by atoms with E-state index < -0.39 is 28.5 Å². The summed E-state index contributed by atoms with van der Waals surface area (Å²) in [6.07, 6.45) is 6.58. The molecule has 3 rings (SSSR count). The molecule has 1 fully saturated rings. The van der Waals surface area contributed by atoms with Crippen LogP contribution >= 0.6 is 11.6 Å². The second kappa shape index (κ2) is 13.3. The predicted molar refractivity (Wildman–Crippen MR) is 151 cm³/mol. The minimum Gasteiger partial charge on any atom is -0.497 e. The van der Waals surface area contributed by atoms with Crippen molar-refractivity contribution in [1.82, 2.24) is 10.2 Å². The number of nitrogens with zero attached hydrogens (tertiary/aromatic N) is 2. The fourth-order valence-electron chi connectivity index (χ4n) is 4.84. The molecule has 0 unspecified atom stereocenters. The topological polar surface area (TPSA) is 96.0 Å². The third kappa shape index (κ3) is 7.86. The molecule has 1 aliphatic rings. The molecular formula is C28H38ClN3O5S. The Morgan fingerprint density at radius 3 is 2.34 bits per heavy atom. The van der Waals surface area contributed by atoms with Crippen molar-refractivity contribution in [2.24, 2.45) is 0 Å². The highest BCUT2D eigenvalue weighted by Gasteiger charge is 2.33. The van der Waals surface area contributed by atoms with Gasteiger partial charge in [0.05, 0.1) is 19.1 Å². The molecule has 2 aromatic carbocycles. The quantitative estimate of drug-likeness (QED) is 0.428. The number of anilines is 1. The molecule has 208 valence electrons. The molecule has 1 saturated carbocycles. The highest BCUT2D eigenvalue weighted by atomic mass is 35.5. The highest BCUT2D eigenvalue weighted by molar-refractivity contribution is 7.92. The van der Waals surface area contributed by atoms with Crippen molar-refractivity contribution >= 4 is 39.1 Å². The van der Waals surface area contributed by atoms with E-state index in [1.54, 1.807) is 38.3 Å². The Labute approximate surface area is 231 Å². The number of benzene rings is 2. The van der Waals surface area contributed by atoms with Crippen molar-refractivity contribution in [3.05, 3.63) is 58.6 Å². The molecule has 0 spiro atoms. The molecule has 1 aliphatic carbocycles. The summed E-state index contributed by atoms with van der Waals surface area (Å²) in [6, 6.07) is 11.5. The first-order chi connectivity index (χ1) is 18.0. The summed E-state index contributed by atoms with van der Waals surface area (Å²) >= 11 is 6.17. The third-order valence-electron chi connectivity index (χ3n) is 6.97. The molecule has 38 heavy (non-hydrogen) atoms. The number of methoxy groups -OCH3 is 1. The number of halogens is 1. The maximum absolute atomic E-state index is 13.9. The van der Waals surface area contributed by atoms with E-state index >= 15 is 0 Å². The zero-order chi connectivity index (χ0) is 27.9. The normalized spacial score (nSPS) is 15.0. The van der Waals surface area contributed by atoms with Crippen LogP contribution in [0.1, 0.15) is 56.6 Å². The van der Waals surface area contributed by atoms with Crippen LogP contribution in [0.4, 0.5) is 5.69 Å². The zero-order valence-electron chi connectivity index (χ0n) is 22.6. The molecular weight excluding hydrogens is 526 g/mol. The van der Waals surface area contributed by atoms with Crippen molar-refractivity contribution in [3.8, 4) is 5.75 Å². The smallest absolute Gasteiger partial charge is 0.244 e.